The lowest BCUT2D eigenvalue weighted by Crippen LogP contribution is -2.34. The topological polar surface area (TPSA) is 115 Å². The van der Waals surface area contributed by atoms with Crippen LogP contribution in [0.2, 0.25) is 0 Å². The average Bonchev–Trinajstić information content (AvgIpc) is 2.80. The van der Waals surface area contributed by atoms with Crippen molar-refractivity contribution in [2.24, 2.45) is 10.9 Å². The molecule has 0 bridgehead atoms. The van der Waals surface area contributed by atoms with Gasteiger partial charge in [-0.25, -0.2) is 4.98 Å². The number of aromatic nitrogens is 1. The van der Waals surface area contributed by atoms with Crippen LogP contribution in [0.5, 0.6) is 5.88 Å². The number of carbonyl (C=O) groups is 1. The number of rotatable bonds is 6. The molecule has 2 atom stereocenters. The van der Waals surface area contributed by atoms with E-state index in [0.717, 1.165) is 5.56 Å². The summed E-state index contributed by atoms with van der Waals surface area (Å²) in [5.74, 6) is -1.11. The van der Waals surface area contributed by atoms with Gasteiger partial charge in [0, 0.05) is 35.0 Å². The summed E-state index contributed by atoms with van der Waals surface area (Å²) in [5.41, 5.74) is 3.59. The van der Waals surface area contributed by atoms with Crippen molar-refractivity contribution in [1.29, 1.82) is 5.26 Å². The Morgan fingerprint density at radius 3 is 2.79 bits per heavy atom. The number of nitriles is 1. The number of carbonyl (C=O) groups excluding carboxylic acids is 1. The lowest BCUT2D eigenvalue weighted by atomic mass is 9.75. The minimum Gasteiger partial charge on any atom is -0.478 e. The Balaban J connectivity index is 2.03. The number of para-hydroxylation sites is 1. The molecular weight excluding hydrogens is 434 g/mol. The van der Waals surface area contributed by atoms with Crippen LogP contribution in [0, 0.1) is 31.1 Å². The molecule has 1 aromatic carbocycles. The molecule has 8 nitrogen and oxygen atoms in total. The molecule has 0 saturated heterocycles. The molecule has 0 N–H and O–H groups in total. The van der Waals surface area contributed by atoms with Gasteiger partial charge in [0.05, 0.1) is 30.2 Å². The largest absolute Gasteiger partial charge is 0.478 e. The van der Waals surface area contributed by atoms with E-state index in [1.807, 2.05) is 26.0 Å². The van der Waals surface area contributed by atoms with Gasteiger partial charge in [-0.1, -0.05) is 12.1 Å². The predicted molar refractivity (Wildman–Crippen MR) is 127 cm³/mol. The van der Waals surface area contributed by atoms with Crippen LogP contribution >= 0.6 is 0 Å². The van der Waals surface area contributed by atoms with Gasteiger partial charge in [0.15, 0.2) is 5.43 Å². The molecule has 2 unspecified atom stereocenters. The fourth-order valence-corrected chi connectivity index (χ4v) is 4.42. The number of hydrogen-bond donors (Lipinski definition) is 0. The molecule has 174 valence electrons. The summed E-state index contributed by atoms with van der Waals surface area (Å²) in [7, 11) is 0. The van der Waals surface area contributed by atoms with Gasteiger partial charge in [-0.2, -0.15) is 5.26 Å². The van der Waals surface area contributed by atoms with Crippen molar-refractivity contribution in [3.63, 3.8) is 0 Å². The lowest BCUT2D eigenvalue weighted by molar-refractivity contribution is -0.146. The highest BCUT2D eigenvalue weighted by Crippen LogP contribution is 2.49. The first-order chi connectivity index (χ1) is 16.4. The third-order valence-corrected chi connectivity index (χ3v) is 5.85. The summed E-state index contributed by atoms with van der Waals surface area (Å²) in [6.45, 7) is 7.59. The van der Waals surface area contributed by atoms with Crippen molar-refractivity contribution in [2.75, 3.05) is 13.2 Å². The van der Waals surface area contributed by atoms with Gasteiger partial charge < -0.3 is 13.9 Å². The zero-order valence-corrected chi connectivity index (χ0v) is 19.5. The first-order valence-electron chi connectivity index (χ1n) is 11.1. The quantitative estimate of drug-likeness (QED) is 0.393. The van der Waals surface area contributed by atoms with Crippen LogP contribution in [0.4, 0.5) is 5.69 Å². The van der Waals surface area contributed by atoms with Crippen molar-refractivity contribution in [3.8, 4) is 11.9 Å². The maximum atomic E-state index is 13.3. The van der Waals surface area contributed by atoms with E-state index < -0.39 is 17.8 Å². The van der Waals surface area contributed by atoms with Gasteiger partial charge in [-0.3, -0.25) is 14.6 Å². The molecule has 0 spiro atoms. The van der Waals surface area contributed by atoms with E-state index >= 15 is 0 Å². The maximum absolute atomic E-state index is 13.3. The SMILES string of the molecule is CCOc1ncc(C)c2c1C(c1cccc3c(=O)cc(C)oc13)C(C(=O)OCCC#N)C(C)=N2. The maximum Gasteiger partial charge on any atom is 0.315 e. The molecule has 0 fully saturated rings. The fourth-order valence-electron chi connectivity index (χ4n) is 4.42. The minimum absolute atomic E-state index is 0.0210. The van der Waals surface area contributed by atoms with Crippen LogP contribution in [0.3, 0.4) is 0 Å². The highest BCUT2D eigenvalue weighted by molar-refractivity contribution is 6.06. The summed E-state index contributed by atoms with van der Waals surface area (Å²) in [4.78, 5) is 35.3. The Kier molecular flexibility index (Phi) is 6.46. The molecule has 0 aliphatic carbocycles. The van der Waals surface area contributed by atoms with Crippen LogP contribution in [-0.4, -0.2) is 29.9 Å². The number of nitrogens with zero attached hydrogens (tertiary/aromatic N) is 3. The first kappa shape index (κ1) is 23.2. The van der Waals surface area contributed by atoms with Crippen molar-refractivity contribution < 1.29 is 18.7 Å². The molecule has 4 rings (SSSR count). The first-order valence-corrected chi connectivity index (χ1v) is 11.1. The molecule has 3 aromatic rings. The van der Waals surface area contributed by atoms with Gasteiger partial charge in [0.2, 0.25) is 5.88 Å². The smallest absolute Gasteiger partial charge is 0.315 e. The van der Waals surface area contributed by atoms with E-state index in [9.17, 15) is 9.59 Å². The normalized spacial score (nSPS) is 17.0. The van der Waals surface area contributed by atoms with E-state index in [2.05, 4.69) is 4.98 Å². The van der Waals surface area contributed by atoms with Gasteiger partial charge in [-0.05, 0) is 39.3 Å². The third-order valence-electron chi connectivity index (χ3n) is 5.85. The average molecular weight is 460 g/mol. The molecular formula is C26H25N3O5. The zero-order valence-electron chi connectivity index (χ0n) is 19.5. The number of ether oxygens (including phenoxy) is 2. The fraction of sp³-hybridized carbons (Fsp3) is 0.346. The van der Waals surface area contributed by atoms with E-state index in [-0.39, 0.29) is 18.5 Å². The highest BCUT2D eigenvalue weighted by Gasteiger charge is 2.42. The number of pyridine rings is 1. The number of aryl methyl sites for hydroxylation is 2. The number of esters is 1. The second-order valence-corrected chi connectivity index (χ2v) is 8.17. The van der Waals surface area contributed by atoms with Crippen molar-refractivity contribution in [3.05, 3.63) is 63.1 Å². The van der Waals surface area contributed by atoms with Crippen LogP contribution in [-0.2, 0) is 9.53 Å². The predicted octanol–water partition coefficient (Wildman–Crippen LogP) is 4.51. The Hall–Kier alpha value is -3.99. The highest BCUT2D eigenvalue weighted by atomic mass is 16.5. The zero-order chi connectivity index (χ0) is 24.4. The van der Waals surface area contributed by atoms with E-state index in [0.29, 0.717) is 51.7 Å². The minimum atomic E-state index is -0.814. The molecule has 3 heterocycles. The summed E-state index contributed by atoms with van der Waals surface area (Å²) in [5, 5.41) is 9.28. The number of benzene rings is 1. The van der Waals surface area contributed by atoms with Gasteiger partial charge >= 0.3 is 5.97 Å². The monoisotopic (exact) mass is 459 g/mol. The molecule has 34 heavy (non-hydrogen) atoms. The molecule has 0 amide bonds. The van der Waals surface area contributed by atoms with Crippen molar-refractivity contribution in [2.45, 2.75) is 40.0 Å². The lowest BCUT2D eigenvalue weighted by Gasteiger charge is -2.32. The number of hydrogen-bond acceptors (Lipinski definition) is 8. The molecule has 0 saturated carbocycles. The second-order valence-electron chi connectivity index (χ2n) is 8.17. The van der Waals surface area contributed by atoms with Gasteiger partial charge in [0.1, 0.15) is 23.9 Å². The molecule has 2 aromatic heterocycles. The Labute approximate surface area is 196 Å². The third kappa shape index (κ3) is 4.05. The summed E-state index contributed by atoms with van der Waals surface area (Å²) >= 11 is 0. The van der Waals surface area contributed by atoms with E-state index in [1.165, 1.54) is 6.07 Å². The molecule has 1 aliphatic rings. The van der Waals surface area contributed by atoms with E-state index in [1.54, 1.807) is 32.2 Å². The standard InChI is InChI=1S/C26H25N3O5/c1-5-32-25-22-21(18-9-6-8-17-19(30)12-15(3)34-24(17)18)20(26(31)33-11-7-10-27)16(4)29-23(22)14(2)13-28-25/h6,8-9,12-13,20-21H,5,7,11H2,1-4H3. The molecule has 0 radical (unpaired) electrons. The Morgan fingerprint density at radius 2 is 2.06 bits per heavy atom. The summed E-state index contributed by atoms with van der Waals surface area (Å²) in [6.07, 6.45) is 1.78. The van der Waals surface area contributed by atoms with Crippen LogP contribution in [0.25, 0.3) is 11.0 Å². The summed E-state index contributed by atoms with van der Waals surface area (Å²) < 4.78 is 17.4. The van der Waals surface area contributed by atoms with Crippen LogP contribution < -0.4 is 10.2 Å². The number of fused-ring (bicyclic) bond motifs is 2. The van der Waals surface area contributed by atoms with Gasteiger partial charge in [-0.15, -0.1) is 0 Å². The molecule has 1 aliphatic heterocycles. The van der Waals surface area contributed by atoms with Gasteiger partial charge in [0.25, 0.3) is 0 Å². The van der Waals surface area contributed by atoms with Crippen LogP contribution in [0.1, 0.15) is 48.6 Å². The second kappa shape index (κ2) is 9.48. The number of aliphatic imine (C=N–C) groups is 1. The van der Waals surface area contributed by atoms with E-state index in [4.69, 9.17) is 24.1 Å². The molecule has 8 heteroatoms. The van der Waals surface area contributed by atoms with Crippen molar-refractivity contribution >= 4 is 28.3 Å². The summed E-state index contributed by atoms with van der Waals surface area (Å²) in [6, 6.07) is 8.73. The Bertz CT molecular complexity index is 1400. The van der Waals surface area contributed by atoms with Crippen molar-refractivity contribution in [1.82, 2.24) is 4.98 Å². The van der Waals surface area contributed by atoms with Crippen LogP contribution in [0.15, 0.2) is 44.7 Å². The Morgan fingerprint density at radius 1 is 1.26 bits per heavy atom.